The molecule has 3 heteroatoms. The Labute approximate surface area is 381 Å². The zero-order chi connectivity index (χ0) is 43.7. The highest BCUT2D eigenvalue weighted by atomic mass is 15.2. The topological polar surface area (TPSA) is 22.3 Å². The van der Waals surface area contributed by atoms with E-state index >= 15 is 0 Å². The van der Waals surface area contributed by atoms with E-state index in [1.807, 2.05) is 13.8 Å². The summed E-state index contributed by atoms with van der Waals surface area (Å²) >= 11 is 0. The monoisotopic (exact) mass is 835 g/mol. The predicted molar refractivity (Wildman–Crippen MR) is 278 cm³/mol. The second-order valence-electron chi connectivity index (χ2n) is 16.4. The van der Waals surface area contributed by atoms with Crippen LogP contribution in [0.1, 0.15) is 31.4 Å². The minimum Gasteiger partial charge on any atom is -0.361 e. The van der Waals surface area contributed by atoms with Crippen LogP contribution in [0.25, 0.3) is 72.3 Å². The second-order valence-corrected chi connectivity index (χ2v) is 16.4. The highest BCUT2D eigenvalue weighted by Gasteiger charge is 2.29. The lowest BCUT2D eigenvalue weighted by molar-refractivity contribution is 0.998. The molecule has 12 rings (SSSR count). The van der Waals surface area contributed by atoms with Gasteiger partial charge in [0, 0.05) is 50.7 Å². The van der Waals surface area contributed by atoms with Crippen molar-refractivity contribution in [1.29, 1.82) is 0 Å². The predicted octanol–water partition coefficient (Wildman–Crippen LogP) is 17.8. The Hall–Kier alpha value is -8.14. The molecule has 1 aliphatic carbocycles. The molecule has 0 bridgehead atoms. The zero-order valence-electron chi connectivity index (χ0n) is 36.7. The van der Waals surface area contributed by atoms with Crippen molar-refractivity contribution in [3.05, 3.63) is 236 Å². The summed E-state index contributed by atoms with van der Waals surface area (Å²) in [6, 6.07) is 77.9. The summed E-state index contributed by atoms with van der Waals surface area (Å²) in [7, 11) is 0. The van der Waals surface area contributed by atoms with E-state index in [0.717, 1.165) is 52.5 Å². The molecule has 9 aromatic rings. The number of anilines is 6. The Bertz CT molecular complexity index is 3310. The first-order valence-corrected chi connectivity index (χ1v) is 22.9. The summed E-state index contributed by atoms with van der Waals surface area (Å²) < 4.78 is 0. The number of aryl methyl sites for hydroxylation is 1. The van der Waals surface area contributed by atoms with Crippen LogP contribution < -0.4 is 9.80 Å². The van der Waals surface area contributed by atoms with Crippen LogP contribution in [0, 0.1) is 0 Å². The smallest absolute Gasteiger partial charge is 0.0540 e. The van der Waals surface area contributed by atoms with E-state index in [1.165, 1.54) is 71.8 Å². The van der Waals surface area contributed by atoms with Crippen molar-refractivity contribution in [3.8, 4) is 44.5 Å². The fourth-order valence-corrected chi connectivity index (χ4v) is 10.1. The van der Waals surface area contributed by atoms with Crippen LogP contribution >= 0.6 is 0 Å². The number of hydrogen-bond donors (Lipinski definition) is 1. The Balaban J connectivity index is 0.00000231. The number of fused-ring (bicyclic) bond motifs is 15. The van der Waals surface area contributed by atoms with E-state index in [-0.39, 0.29) is 0 Å². The van der Waals surface area contributed by atoms with Crippen molar-refractivity contribution in [1.82, 2.24) is 4.98 Å². The summed E-state index contributed by atoms with van der Waals surface area (Å²) in [5, 5.41) is 3.64. The number of benzene rings is 8. The molecule has 3 aliphatic rings. The van der Waals surface area contributed by atoms with Gasteiger partial charge in [0.25, 0.3) is 0 Å². The zero-order valence-corrected chi connectivity index (χ0v) is 36.7. The van der Waals surface area contributed by atoms with E-state index in [2.05, 4.69) is 245 Å². The Morgan fingerprint density at radius 2 is 0.769 bits per heavy atom. The molecule has 0 radical (unpaired) electrons. The lowest BCUT2D eigenvalue weighted by atomic mass is 9.93. The fourth-order valence-electron chi connectivity index (χ4n) is 10.1. The van der Waals surface area contributed by atoms with Crippen LogP contribution in [0.4, 0.5) is 34.1 Å². The summed E-state index contributed by atoms with van der Waals surface area (Å²) in [5.41, 5.74) is 19.8. The molecule has 0 fully saturated rings. The summed E-state index contributed by atoms with van der Waals surface area (Å²) in [5.74, 6) is 0. The van der Waals surface area contributed by atoms with E-state index in [4.69, 9.17) is 0 Å². The number of hydrogen-bond acceptors (Lipinski definition) is 2. The molecule has 8 aromatic carbocycles. The standard InChI is InChI=1S/C60H43N3.C2H6/c1-2-20-44-41(19-1)39-43(63-59-35-17-12-30-54(59)49-25-7-8-26-50(49)55-31-13-18-36-60(55)63)40-42(37-38-61-56-32-14-9-27-51(56)46-22-4-3-21-45(44)46)62-57-33-15-10-28-52(57)47-23-5-6-24-48(47)53-29-11-16-34-58(53)62;1-2/h1,3-19,21-40,61H,2,20H2;1-2H3. The highest BCUT2D eigenvalue weighted by Crippen LogP contribution is 2.53. The molecule has 65 heavy (non-hydrogen) atoms. The average molecular weight is 836 g/mol. The molecular formula is C62H49N3. The van der Waals surface area contributed by atoms with Gasteiger partial charge in [-0.3, -0.25) is 0 Å². The summed E-state index contributed by atoms with van der Waals surface area (Å²) in [4.78, 5) is 8.77. The van der Waals surface area contributed by atoms with Crippen LogP contribution in [0.5, 0.6) is 0 Å². The van der Waals surface area contributed by atoms with Gasteiger partial charge in [0.15, 0.2) is 0 Å². The third-order valence-corrected chi connectivity index (χ3v) is 12.9. The molecule has 2 aliphatic heterocycles. The number of nitrogens with one attached hydrogen (secondary N) is 1. The first-order valence-electron chi connectivity index (χ1n) is 22.9. The second kappa shape index (κ2) is 17.2. The molecule has 1 N–H and O–H groups in total. The van der Waals surface area contributed by atoms with Gasteiger partial charge < -0.3 is 14.8 Å². The van der Waals surface area contributed by atoms with Gasteiger partial charge in [-0.15, -0.1) is 0 Å². The Kier molecular flexibility index (Phi) is 10.5. The third kappa shape index (κ3) is 6.93. The van der Waals surface area contributed by atoms with Gasteiger partial charge in [0.2, 0.25) is 0 Å². The molecule has 0 spiro atoms. The van der Waals surface area contributed by atoms with Crippen molar-refractivity contribution in [2.45, 2.75) is 26.7 Å². The average Bonchev–Trinajstić information content (AvgIpc) is 3.58. The Morgan fingerprint density at radius 1 is 0.369 bits per heavy atom. The van der Waals surface area contributed by atoms with Gasteiger partial charge in [0.05, 0.1) is 22.7 Å². The van der Waals surface area contributed by atoms with Crippen molar-refractivity contribution >= 4 is 61.9 Å². The Morgan fingerprint density at radius 3 is 1.28 bits per heavy atom. The van der Waals surface area contributed by atoms with Crippen LogP contribution in [0.2, 0.25) is 0 Å². The van der Waals surface area contributed by atoms with Crippen molar-refractivity contribution < 1.29 is 0 Å². The van der Waals surface area contributed by atoms with Crippen LogP contribution in [0.3, 0.4) is 0 Å². The number of rotatable bonds is 2. The van der Waals surface area contributed by atoms with Crippen LogP contribution in [0.15, 0.2) is 225 Å². The minimum atomic E-state index is 0.931. The first-order chi connectivity index (χ1) is 32.3. The van der Waals surface area contributed by atoms with Gasteiger partial charge in [0.1, 0.15) is 0 Å². The van der Waals surface area contributed by atoms with Crippen LogP contribution in [-0.2, 0) is 6.42 Å². The molecule has 3 heterocycles. The number of aromatic amines is 1. The third-order valence-electron chi connectivity index (χ3n) is 12.9. The molecule has 0 saturated carbocycles. The number of nitrogens with zero attached hydrogens (tertiary/aromatic N) is 2. The largest absolute Gasteiger partial charge is 0.361 e. The molecular weight excluding hydrogens is 787 g/mol. The lowest BCUT2D eigenvalue weighted by Crippen LogP contribution is -2.13. The normalized spacial score (nSPS) is 12.5. The van der Waals surface area contributed by atoms with Crippen molar-refractivity contribution in [2.24, 2.45) is 0 Å². The number of H-pyrrole nitrogens is 1. The fraction of sp³-hybridized carbons (Fsp3) is 0.0645. The first kappa shape index (κ1) is 39.7. The molecule has 1 aromatic heterocycles. The van der Waals surface area contributed by atoms with E-state index in [1.54, 1.807) is 0 Å². The molecule has 0 unspecified atom stereocenters. The maximum Gasteiger partial charge on any atom is 0.0540 e. The van der Waals surface area contributed by atoms with Crippen molar-refractivity contribution in [3.63, 3.8) is 0 Å². The maximum atomic E-state index is 3.80. The minimum absolute atomic E-state index is 0.931. The number of aromatic nitrogens is 1. The molecule has 0 amide bonds. The van der Waals surface area contributed by atoms with Gasteiger partial charge in [-0.25, -0.2) is 0 Å². The SMILES string of the molecule is C1=Cc2cc(N3c4ccccc4-c4ccccc4-c4ccccc43)cc(N3c4ccccc4-c4ccccc4-c4ccccc43)cc[nH]c3ccccc3c3ccccc3c2CC1.CC. The van der Waals surface area contributed by atoms with Gasteiger partial charge in [-0.2, -0.15) is 0 Å². The maximum absolute atomic E-state index is 3.80. The highest BCUT2D eigenvalue weighted by molar-refractivity contribution is 6.07. The molecule has 312 valence electrons. The summed E-state index contributed by atoms with van der Waals surface area (Å²) in [6.07, 6.45) is 8.72. The number of para-hydroxylation sites is 5. The molecule has 0 saturated heterocycles. The van der Waals surface area contributed by atoms with E-state index in [0.29, 0.717) is 0 Å². The summed E-state index contributed by atoms with van der Waals surface area (Å²) in [6.45, 7) is 4.00. The lowest BCUT2D eigenvalue weighted by Gasteiger charge is -2.30. The molecule has 0 atom stereocenters. The van der Waals surface area contributed by atoms with Crippen LogP contribution in [-0.4, -0.2) is 4.98 Å². The van der Waals surface area contributed by atoms with Gasteiger partial charge in [-0.1, -0.05) is 190 Å². The van der Waals surface area contributed by atoms with Crippen molar-refractivity contribution in [2.75, 3.05) is 9.80 Å². The van der Waals surface area contributed by atoms with E-state index < -0.39 is 0 Å². The van der Waals surface area contributed by atoms with Gasteiger partial charge >= 0.3 is 0 Å². The quantitative estimate of drug-likeness (QED) is 0.187. The molecule has 3 nitrogen and oxygen atoms in total. The number of allylic oxidation sites excluding steroid dienone is 1. The van der Waals surface area contributed by atoms with E-state index in [9.17, 15) is 0 Å². The van der Waals surface area contributed by atoms with Gasteiger partial charge in [-0.05, 0) is 106 Å².